The van der Waals surface area contributed by atoms with E-state index in [1.54, 1.807) is 0 Å². The molecule has 0 radical (unpaired) electrons. The Labute approximate surface area is 127 Å². The van der Waals surface area contributed by atoms with Crippen LogP contribution in [0.15, 0.2) is 60.7 Å². The minimum absolute atomic E-state index is 0.796. The van der Waals surface area contributed by atoms with Crippen LogP contribution in [0.3, 0.4) is 0 Å². The standard InChI is InChI=1S/C16H22N2O2P/c1-17(2)21(18(3)4,19-15-11-7-5-8-12-15)20-16-13-9-6-10-14-16/h5-14H,1-4H3/q+1. The van der Waals surface area contributed by atoms with E-state index in [0.29, 0.717) is 0 Å². The molecule has 112 valence electrons. The van der Waals surface area contributed by atoms with E-state index in [-0.39, 0.29) is 0 Å². The van der Waals surface area contributed by atoms with Crippen LogP contribution >= 0.6 is 8.02 Å². The maximum absolute atomic E-state index is 6.27. The summed E-state index contributed by atoms with van der Waals surface area (Å²) < 4.78 is 16.6. The van der Waals surface area contributed by atoms with Gasteiger partial charge in [-0.05, 0) is 24.3 Å². The van der Waals surface area contributed by atoms with Gasteiger partial charge in [-0.15, -0.1) is 9.34 Å². The highest BCUT2D eigenvalue weighted by atomic mass is 31.2. The predicted octanol–water partition coefficient (Wildman–Crippen LogP) is 3.95. The number of rotatable bonds is 6. The van der Waals surface area contributed by atoms with Gasteiger partial charge in [0.05, 0.1) is 0 Å². The van der Waals surface area contributed by atoms with E-state index in [9.17, 15) is 0 Å². The first-order valence-corrected chi connectivity index (χ1v) is 8.31. The predicted molar refractivity (Wildman–Crippen MR) is 88.4 cm³/mol. The fourth-order valence-corrected chi connectivity index (χ4v) is 4.14. The molecule has 2 aromatic rings. The topological polar surface area (TPSA) is 24.9 Å². The number of benzene rings is 2. The SMILES string of the molecule is CN(C)[P+](Oc1ccccc1)(Oc1ccccc1)N(C)C. The van der Waals surface area contributed by atoms with Crippen molar-refractivity contribution in [2.24, 2.45) is 0 Å². The van der Waals surface area contributed by atoms with Gasteiger partial charge in [0.15, 0.2) is 11.5 Å². The first-order chi connectivity index (χ1) is 10.0. The summed E-state index contributed by atoms with van der Waals surface area (Å²) in [6.45, 7) is 0. The van der Waals surface area contributed by atoms with Crippen molar-refractivity contribution in [3.05, 3.63) is 60.7 Å². The van der Waals surface area contributed by atoms with Gasteiger partial charge in [-0.3, -0.25) is 9.05 Å². The maximum atomic E-state index is 6.27. The lowest BCUT2D eigenvalue weighted by atomic mass is 10.3. The fraction of sp³-hybridized carbons (Fsp3) is 0.250. The van der Waals surface area contributed by atoms with E-state index < -0.39 is 8.02 Å². The Bertz CT molecular complexity index is 495. The zero-order chi connectivity index (χ0) is 15.3. The molecule has 21 heavy (non-hydrogen) atoms. The van der Waals surface area contributed by atoms with Gasteiger partial charge in [-0.1, -0.05) is 36.4 Å². The lowest BCUT2D eigenvalue weighted by Gasteiger charge is -2.31. The van der Waals surface area contributed by atoms with Gasteiger partial charge in [-0.2, -0.15) is 0 Å². The van der Waals surface area contributed by atoms with Crippen LogP contribution in [0.5, 0.6) is 11.5 Å². The zero-order valence-electron chi connectivity index (χ0n) is 12.9. The third kappa shape index (κ3) is 3.73. The molecule has 0 bridgehead atoms. The highest BCUT2D eigenvalue weighted by Gasteiger charge is 2.53. The van der Waals surface area contributed by atoms with Crippen molar-refractivity contribution in [3.63, 3.8) is 0 Å². The maximum Gasteiger partial charge on any atom is 0.522 e. The second kappa shape index (κ2) is 6.90. The Balaban J connectivity index is 2.34. The van der Waals surface area contributed by atoms with E-state index in [1.165, 1.54) is 0 Å². The third-order valence-corrected chi connectivity index (χ3v) is 5.87. The molecule has 0 heterocycles. The van der Waals surface area contributed by atoms with Crippen LogP contribution in [0.25, 0.3) is 0 Å². The lowest BCUT2D eigenvalue weighted by molar-refractivity contribution is 0.320. The first kappa shape index (κ1) is 15.8. The Morgan fingerprint density at radius 1 is 0.619 bits per heavy atom. The molecule has 0 atom stereocenters. The second-order valence-corrected chi connectivity index (χ2v) is 7.94. The Morgan fingerprint density at radius 3 is 1.24 bits per heavy atom. The minimum atomic E-state index is -2.42. The summed E-state index contributed by atoms with van der Waals surface area (Å²) in [5, 5.41) is 0. The summed E-state index contributed by atoms with van der Waals surface area (Å²) in [6, 6.07) is 19.5. The van der Waals surface area contributed by atoms with Crippen molar-refractivity contribution in [2.45, 2.75) is 0 Å². The molecule has 0 N–H and O–H groups in total. The van der Waals surface area contributed by atoms with Gasteiger partial charge in [0.25, 0.3) is 0 Å². The van der Waals surface area contributed by atoms with E-state index in [0.717, 1.165) is 11.5 Å². The minimum Gasteiger partial charge on any atom is -0.272 e. The summed E-state index contributed by atoms with van der Waals surface area (Å²) in [5.41, 5.74) is 0. The highest BCUT2D eigenvalue weighted by Crippen LogP contribution is 2.62. The smallest absolute Gasteiger partial charge is 0.272 e. The number of nitrogens with zero attached hydrogens (tertiary/aromatic N) is 2. The van der Waals surface area contributed by atoms with Crippen molar-refractivity contribution in [1.29, 1.82) is 0 Å². The van der Waals surface area contributed by atoms with Gasteiger partial charge in [0.2, 0.25) is 0 Å². The fourth-order valence-electron chi connectivity index (χ4n) is 1.94. The molecule has 0 aliphatic carbocycles. The van der Waals surface area contributed by atoms with Crippen molar-refractivity contribution in [1.82, 2.24) is 9.34 Å². The molecular weight excluding hydrogens is 283 g/mol. The molecule has 0 aromatic heterocycles. The molecule has 2 aromatic carbocycles. The second-order valence-electron chi connectivity index (χ2n) is 4.99. The van der Waals surface area contributed by atoms with Gasteiger partial charge < -0.3 is 0 Å². The first-order valence-electron chi connectivity index (χ1n) is 6.78. The third-order valence-electron chi connectivity index (χ3n) is 2.95. The summed E-state index contributed by atoms with van der Waals surface area (Å²) in [6.07, 6.45) is 0. The zero-order valence-corrected chi connectivity index (χ0v) is 13.8. The van der Waals surface area contributed by atoms with Crippen molar-refractivity contribution in [3.8, 4) is 11.5 Å². The van der Waals surface area contributed by atoms with E-state index in [1.807, 2.05) is 98.2 Å². The number of para-hydroxylation sites is 2. The molecule has 0 spiro atoms. The van der Waals surface area contributed by atoms with E-state index >= 15 is 0 Å². The average Bonchev–Trinajstić information content (AvgIpc) is 2.48. The van der Waals surface area contributed by atoms with Crippen LogP contribution in [0.4, 0.5) is 0 Å². The molecular formula is C16H22N2O2P+. The quantitative estimate of drug-likeness (QED) is 0.755. The van der Waals surface area contributed by atoms with Crippen LogP contribution in [0, 0.1) is 0 Å². The molecule has 0 amide bonds. The largest absolute Gasteiger partial charge is 0.522 e. The van der Waals surface area contributed by atoms with Crippen LogP contribution in [0.2, 0.25) is 0 Å². The van der Waals surface area contributed by atoms with Crippen LogP contribution in [0.1, 0.15) is 0 Å². The highest BCUT2D eigenvalue weighted by molar-refractivity contribution is 7.62. The van der Waals surface area contributed by atoms with Gasteiger partial charge in [-0.25, -0.2) is 0 Å². The molecule has 5 heteroatoms. The molecule has 0 aliphatic heterocycles. The van der Waals surface area contributed by atoms with Crippen molar-refractivity contribution >= 4 is 8.02 Å². The van der Waals surface area contributed by atoms with Crippen LogP contribution in [-0.4, -0.2) is 37.5 Å². The van der Waals surface area contributed by atoms with Crippen LogP contribution < -0.4 is 9.05 Å². The van der Waals surface area contributed by atoms with E-state index in [4.69, 9.17) is 9.05 Å². The molecule has 0 saturated carbocycles. The monoisotopic (exact) mass is 305 g/mol. The Hall–Kier alpha value is -1.61. The van der Waals surface area contributed by atoms with Gasteiger partial charge >= 0.3 is 8.02 Å². The number of hydrogen-bond acceptors (Lipinski definition) is 4. The van der Waals surface area contributed by atoms with Crippen molar-refractivity contribution < 1.29 is 9.05 Å². The summed E-state index contributed by atoms with van der Waals surface area (Å²) >= 11 is 0. The summed E-state index contributed by atoms with van der Waals surface area (Å²) in [7, 11) is 5.47. The number of hydrogen-bond donors (Lipinski definition) is 0. The molecule has 0 aliphatic rings. The molecule has 0 fully saturated rings. The van der Waals surface area contributed by atoms with E-state index in [2.05, 4.69) is 0 Å². The molecule has 0 saturated heterocycles. The lowest BCUT2D eigenvalue weighted by Crippen LogP contribution is -2.34. The summed E-state index contributed by atoms with van der Waals surface area (Å²) in [5.74, 6) is 1.59. The molecule has 0 unspecified atom stereocenters. The average molecular weight is 305 g/mol. The van der Waals surface area contributed by atoms with Gasteiger partial charge in [0.1, 0.15) is 0 Å². The Kier molecular flexibility index (Phi) is 5.18. The molecule has 4 nitrogen and oxygen atoms in total. The molecule has 2 rings (SSSR count). The van der Waals surface area contributed by atoms with Gasteiger partial charge in [0, 0.05) is 28.2 Å². The Morgan fingerprint density at radius 2 is 0.952 bits per heavy atom. The summed E-state index contributed by atoms with van der Waals surface area (Å²) in [4.78, 5) is 0. The normalized spacial score (nSPS) is 11.7. The van der Waals surface area contributed by atoms with Crippen LogP contribution in [-0.2, 0) is 0 Å². The van der Waals surface area contributed by atoms with Crippen molar-refractivity contribution in [2.75, 3.05) is 28.2 Å².